The number of H-pyrrole nitrogens is 2. The van der Waals surface area contributed by atoms with E-state index in [1.165, 1.54) is 10.9 Å². The summed E-state index contributed by atoms with van der Waals surface area (Å²) in [6.07, 6.45) is 4.91. The van der Waals surface area contributed by atoms with Gasteiger partial charge in [0.2, 0.25) is 0 Å². The van der Waals surface area contributed by atoms with Gasteiger partial charge in [-0.05, 0) is 74.5 Å². The molecule has 0 bridgehead atoms. The third-order valence-electron chi connectivity index (χ3n) is 12.6. The van der Waals surface area contributed by atoms with Crippen LogP contribution < -0.4 is 5.32 Å². The summed E-state index contributed by atoms with van der Waals surface area (Å²) in [5.41, 5.74) is 5.96. The number of rotatable bonds is 6. The summed E-state index contributed by atoms with van der Waals surface area (Å²) in [5.74, 6) is 0.235. The standard InChI is InChI=1S/C27H31N3O4.C22H23N3O2/c1-27(2,3)34-26(32)29-14-13-23-24(29)21(20-15-28-22-12-8-7-11-19(20)22)16-30(23)25(31)33-17-18-9-5-4-6-10-18;26-22(27-14-15-6-2-1-3-7-15)25-13-18(21-20(25)10-11-23-21)17-12-24-19-9-5-4-8-16(17)19/h4-12,15,21,23-24,28H,13-14,16-17H2,1-3H3;1-9,12,18,20-21,23-24H,10-11,13-14H2/t21-,23+,24+;18-,20+,21+/m00/s1. The molecule has 0 spiro atoms. The highest BCUT2D eigenvalue weighted by atomic mass is 16.6. The van der Waals surface area contributed by atoms with Gasteiger partial charge in [-0.1, -0.05) is 97.1 Å². The summed E-state index contributed by atoms with van der Waals surface area (Å²) in [5, 5.41) is 5.97. The van der Waals surface area contributed by atoms with Crippen molar-refractivity contribution in [2.45, 2.75) is 88.4 Å². The van der Waals surface area contributed by atoms with Gasteiger partial charge in [-0.15, -0.1) is 0 Å². The zero-order valence-electron chi connectivity index (χ0n) is 35.0. The van der Waals surface area contributed by atoms with Crippen molar-refractivity contribution in [3.8, 4) is 0 Å². The number of para-hydroxylation sites is 2. The zero-order chi connectivity index (χ0) is 42.1. The molecule has 4 aliphatic heterocycles. The molecule has 316 valence electrons. The van der Waals surface area contributed by atoms with Crippen LogP contribution in [0.4, 0.5) is 14.4 Å². The fraction of sp³-hybridized carbons (Fsp3) is 0.367. The van der Waals surface area contributed by atoms with Crippen LogP contribution in [0.1, 0.15) is 67.7 Å². The molecule has 3 N–H and O–H groups in total. The van der Waals surface area contributed by atoms with E-state index in [0.29, 0.717) is 32.7 Å². The fourth-order valence-corrected chi connectivity index (χ4v) is 9.95. The lowest BCUT2D eigenvalue weighted by Crippen LogP contribution is -2.44. The molecule has 0 saturated carbocycles. The van der Waals surface area contributed by atoms with Gasteiger partial charge in [0.1, 0.15) is 18.8 Å². The maximum absolute atomic E-state index is 13.2. The highest BCUT2D eigenvalue weighted by molar-refractivity contribution is 5.85. The summed E-state index contributed by atoms with van der Waals surface area (Å²) < 4.78 is 17.0. The second-order valence-corrected chi connectivity index (χ2v) is 17.5. The number of hydrogen-bond donors (Lipinski definition) is 3. The summed E-state index contributed by atoms with van der Waals surface area (Å²) in [7, 11) is 0. The van der Waals surface area contributed by atoms with Gasteiger partial charge in [-0.3, -0.25) is 0 Å². The minimum Gasteiger partial charge on any atom is -0.445 e. The van der Waals surface area contributed by atoms with E-state index in [9.17, 15) is 14.4 Å². The number of carbonyl (C=O) groups is 3. The van der Waals surface area contributed by atoms with E-state index in [-0.39, 0.29) is 60.9 Å². The Balaban J connectivity index is 0.000000160. The van der Waals surface area contributed by atoms with E-state index in [2.05, 4.69) is 45.7 Å². The molecule has 10 rings (SSSR count). The Kier molecular flexibility index (Phi) is 11.2. The number of ether oxygens (including phenoxy) is 3. The van der Waals surface area contributed by atoms with Crippen molar-refractivity contribution >= 4 is 40.1 Å². The molecule has 61 heavy (non-hydrogen) atoms. The van der Waals surface area contributed by atoms with E-state index >= 15 is 0 Å². The van der Waals surface area contributed by atoms with Crippen molar-refractivity contribution in [2.24, 2.45) is 0 Å². The van der Waals surface area contributed by atoms with E-state index in [0.717, 1.165) is 46.1 Å². The number of aromatic nitrogens is 2. The average molecular weight is 823 g/mol. The van der Waals surface area contributed by atoms with Gasteiger partial charge < -0.3 is 44.2 Å². The number of carbonyl (C=O) groups excluding carboxylic acids is 3. The molecule has 6 aromatic rings. The molecule has 12 heteroatoms. The van der Waals surface area contributed by atoms with Crippen LogP contribution in [0.25, 0.3) is 21.8 Å². The second kappa shape index (κ2) is 17.0. The normalized spacial score (nSPS) is 23.1. The molecule has 0 aliphatic carbocycles. The Labute approximate surface area is 356 Å². The lowest BCUT2D eigenvalue weighted by atomic mass is 9.91. The fourth-order valence-electron chi connectivity index (χ4n) is 9.95. The molecule has 2 aromatic heterocycles. The first-order valence-electron chi connectivity index (χ1n) is 21.4. The van der Waals surface area contributed by atoms with E-state index < -0.39 is 5.60 Å². The van der Waals surface area contributed by atoms with Crippen molar-refractivity contribution < 1.29 is 28.6 Å². The van der Waals surface area contributed by atoms with Crippen LogP contribution in [-0.4, -0.2) is 98.9 Å². The summed E-state index contributed by atoms with van der Waals surface area (Å²) in [6.45, 7) is 8.83. The van der Waals surface area contributed by atoms with Crippen molar-refractivity contribution in [1.29, 1.82) is 0 Å². The number of fused-ring (bicyclic) bond motifs is 4. The predicted octanol–water partition coefficient (Wildman–Crippen LogP) is 8.92. The Morgan fingerprint density at radius 2 is 1.11 bits per heavy atom. The lowest BCUT2D eigenvalue weighted by molar-refractivity contribution is 0.0209. The van der Waals surface area contributed by atoms with Crippen molar-refractivity contribution in [3.05, 3.63) is 144 Å². The summed E-state index contributed by atoms with van der Waals surface area (Å²) >= 11 is 0. The van der Waals surface area contributed by atoms with E-state index in [1.807, 2.05) is 127 Å². The van der Waals surface area contributed by atoms with E-state index in [4.69, 9.17) is 14.2 Å². The van der Waals surface area contributed by atoms with Gasteiger partial charge in [0.05, 0.1) is 18.1 Å². The van der Waals surface area contributed by atoms with Gasteiger partial charge >= 0.3 is 18.3 Å². The third kappa shape index (κ3) is 8.29. The molecule has 4 aromatic carbocycles. The second-order valence-electron chi connectivity index (χ2n) is 17.5. The molecular formula is C49H54N6O6. The molecule has 0 unspecified atom stereocenters. The Morgan fingerprint density at radius 1 is 0.607 bits per heavy atom. The van der Waals surface area contributed by atoms with Crippen molar-refractivity contribution in [3.63, 3.8) is 0 Å². The van der Waals surface area contributed by atoms with Crippen LogP contribution in [-0.2, 0) is 27.4 Å². The largest absolute Gasteiger partial charge is 0.445 e. The number of aromatic amines is 2. The maximum Gasteiger partial charge on any atom is 0.410 e. The first-order chi connectivity index (χ1) is 29.6. The molecule has 4 saturated heterocycles. The minimum absolute atomic E-state index is 0.0413. The van der Waals surface area contributed by atoms with Crippen molar-refractivity contribution in [1.82, 2.24) is 30.0 Å². The number of hydrogen-bond acceptors (Lipinski definition) is 7. The maximum atomic E-state index is 13.2. The van der Waals surface area contributed by atoms with Gasteiger partial charge in [-0.25, -0.2) is 14.4 Å². The topological polar surface area (TPSA) is 132 Å². The quantitative estimate of drug-likeness (QED) is 0.143. The van der Waals surface area contributed by atoms with Crippen LogP contribution in [0.5, 0.6) is 0 Å². The Morgan fingerprint density at radius 3 is 1.69 bits per heavy atom. The van der Waals surface area contributed by atoms with E-state index in [1.54, 1.807) is 0 Å². The van der Waals surface area contributed by atoms with Crippen LogP contribution in [0.2, 0.25) is 0 Å². The smallest absolute Gasteiger partial charge is 0.410 e. The van der Waals surface area contributed by atoms with Crippen LogP contribution >= 0.6 is 0 Å². The molecule has 6 atom stereocenters. The zero-order valence-corrected chi connectivity index (χ0v) is 35.0. The molecule has 4 fully saturated rings. The van der Waals surface area contributed by atoms with Gasteiger partial charge in [0.25, 0.3) is 0 Å². The van der Waals surface area contributed by atoms with Crippen molar-refractivity contribution in [2.75, 3.05) is 26.2 Å². The molecule has 4 aliphatic rings. The first kappa shape index (κ1) is 40.2. The van der Waals surface area contributed by atoms with Crippen LogP contribution in [0.3, 0.4) is 0 Å². The number of nitrogens with zero attached hydrogens (tertiary/aromatic N) is 3. The minimum atomic E-state index is -0.585. The molecule has 3 amide bonds. The van der Waals surface area contributed by atoms with Crippen LogP contribution in [0, 0.1) is 0 Å². The highest BCUT2D eigenvalue weighted by Gasteiger charge is 2.54. The number of benzene rings is 4. The molecular weight excluding hydrogens is 769 g/mol. The average Bonchev–Trinajstić information content (AvgIpc) is 4.12. The van der Waals surface area contributed by atoms with Gasteiger partial charge in [0.15, 0.2) is 0 Å². The van der Waals surface area contributed by atoms with Crippen LogP contribution in [0.15, 0.2) is 122 Å². The Bertz CT molecular complexity index is 2480. The van der Waals surface area contributed by atoms with Gasteiger partial charge in [-0.2, -0.15) is 0 Å². The Hall–Kier alpha value is -6.27. The highest BCUT2D eigenvalue weighted by Crippen LogP contribution is 2.44. The molecule has 0 radical (unpaired) electrons. The number of nitrogens with one attached hydrogen (secondary N) is 3. The lowest BCUT2D eigenvalue weighted by Gasteiger charge is -2.31. The third-order valence-corrected chi connectivity index (χ3v) is 12.6. The summed E-state index contributed by atoms with van der Waals surface area (Å²) in [6, 6.07) is 36.2. The molecule has 6 heterocycles. The first-order valence-corrected chi connectivity index (χ1v) is 21.4. The number of amides is 3. The molecule has 12 nitrogen and oxygen atoms in total. The SMILES string of the molecule is CC(C)(C)OC(=O)N1CC[C@@H]2[C@H]1[C@H](c1c[nH]c3ccccc13)CN2C(=O)OCc1ccccc1.O=C(OCc1ccccc1)N1C[C@@H](c2c[nH]c3ccccc23)[C@H]2NCC[C@H]21. The summed E-state index contributed by atoms with van der Waals surface area (Å²) in [4.78, 5) is 51.4. The monoisotopic (exact) mass is 822 g/mol. The predicted molar refractivity (Wildman–Crippen MR) is 234 cm³/mol. The number of likely N-dealkylation sites (tertiary alicyclic amines) is 3. The van der Waals surface area contributed by atoms with Gasteiger partial charge in [0, 0.05) is 71.7 Å².